The molecule has 0 spiro atoms. The van der Waals surface area contributed by atoms with E-state index in [0.29, 0.717) is 0 Å². The Morgan fingerprint density at radius 2 is 2.57 bits per heavy atom. The summed E-state index contributed by atoms with van der Waals surface area (Å²) in [4.78, 5) is 13.5. The summed E-state index contributed by atoms with van der Waals surface area (Å²) in [6.07, 6.45) is 1.13. The smallest absolute Gasteiger partial charge is 0.151 e. The van der Waals surface area contributed by atoms with Crippen molar-refractivity contribution < 1.29 is 4.79 Å². The quantitative estimate of drug-likeness (QED) is 0.378. The van der Waals surface area contributed by atoms with Crippen molar-refractivity contribution in [2.45, 2.75) is 6.92 Å². The summed E-state index contributed by atoms with van der Waals surface area (Å²) in [6, 6.07) is 0. The van der Waals surface area contributed by atoms with Crippen molar-refractivity contribution >= 4 is 12.1 Å². The van der Waals surface area contributed by atoms with Gasteiger partial charge in [0.05, 0.1) is 12.9 Å². The van der Waals surface area contributed by atoms with E-state index in [1.54, 1.807) is 0 Å². The number of Topliss-reactive ketones (excluding diaryl/α,β-unsaturated/α-hetero) is 1. The third-order valence-electron chi connectivity index (χ3n) is 0.419. The van der Waals surface area contributed by atoms with E-state index in [-0.39, 0.29) is 12.3 Å². The Labute approximate surface area is 42.2 Å². The van der Waals surface area contributed by atoms with Crippen LogP contribution in [0.3, 0.4) is 0 Å². The molecule has 0 aliphatic carbocycles. The molecular formula is C4H8N2O. The molecule has 0 aromatic carbocycles. The van der Waals surface area contributed by atoms with Crippen LogP contribution in [0.5, 0.6) is 0 Å². The number of ketones is 1. The van der Waals surface area contributed by atoms with E-state index in [1.165, 1.54) is 6.92 Å². The Kier molecular flexibility index (Phi) is 2.92. The highest BCUT2D eigenvalue weighted by molar-refractivity contribution is 5.78. The van der Waals surface area contributed by atoms with E-state index in [0.717, 1.165) is 6.34 Å². The maximum absolute atomic E-state index is 10.0. The number of hydrogen-bond donors (Lipinski definition) is 1. The molecule has 0 unspecified atom stereocenters. The predicted octanol–water partition coefficient (Wildman–Crippen LogP) is -0.438. The molecule has 2 N–H and O–H groups in total. The standard InChI is InChI=1S/C4H8N2O/c1-4(7)2-6-3-5/h3H,2H2,1H3,(H2,5,6). The van der Waals surface area contributed by atoms with Crippen molar-refractivity contribution in [3.8, 4) is 0 Å². The molecule has 0 amide bonds. The highest BCUT2D eigenvalue weighted by Crippen LogP contribution is 1.66. The average molecular weight is 100 g/mol. The second-order valence-corrected chi connectivity index (χ2v) is 1.19. The summed E-state index contributed by atoms with van der Waals surface area (Å²) in [5.41, 5.74) is 4.83. The Bertz CT molecular complexity index is 87.7. The number of carbonyl (C=O) groups excluding carboxylic acids is 1. The molecule has 0 atom stereocenters. The lowest BCUT2D eigenvalue weighted by atomic mass is 10.5. The molecule has 0 rings (SSSR count). The van der Waals surface area contributed by atoms with Gasteiger partial charge in [0.1, 0.15) is 0 Å². The fourth-order valence-corrected chi connectivity index (χ4v) is 0.181. The van der Waals surface area contributed by atoms with Crippen molar-refractivity contribution in [1.82, 2.24) is 0 Å². The number of aliphatic imine (C=N–C) groups is 1. The van der Waals surface area contributed by atoms with E-state index in [2.05, 4.69) is 4.99 Å². The van der Waals surface area contributed by atoms with Gasteiger partial charge in [0.2, 0.25) is 0 Å². The van der Waals surface area contributed by atoms with E-state index in [1.807, 2.05) is 0 Å². The number of carbonyl (C=O) groups is 1. The van der Waals surface area contributed by atoms with Gasteiger partial charge in [0, 0.05) is 0 Å². The van der Waals surface area contributed by atoms with Crippen molar-refractivity contribution in [3.05, 3.63) is 0 Å². The van der Waals surface area contributed by atoms with Gasteiger partial charge in [-0.25, -0.2) is 0 Å². The van der Waals surface area contributed by atoms with Gasteiger partial charge in [-0.05, 0) is 6.92 Å². The average Bonchev–Trinajstić information content (AvgIpc) is 1.61. The number of rotatable bonds is 2. The van der Waals surface area contributed by atoms with Crippen LogP contribution in [-0.2, 0) is 4.79 Å². The summed E-state index contributed by atoms with van der Waals surface area (Å²) in [7, 11) is 0. The molecule has 0 radical (unpaired) electrons. The molecular weight excluding hydrogens is 92.1 g/mol. The summed E-state index contributed by atoms with van der Waals surface area (Å²) >= 11 is 0. The van der Waals surface area contributed by atoms with E-state index >= 15 is 0 Å². The highest BCUT2D eigenvalue weighted by atomic mass is 16.1. The molecule has 3 heteroatoms. The van der Waals surface area contributed by atoms with Crippen LogP contribution < -0.4 is 5.73 Å². The molecule has 0 heterocycles. The predicted molar refractivity (Wildman–Crippen MR) is 28.2 cm³/mol. The largest absolute Gasteiger partial charge is 0.390 e. The lowest BCUT2D eigenvalue weighted by Crippen LogP contribution is -1.97. The van der Waals surface area contributed by atoms with Gasteiger partial charge < -0.3 is 5.73 Å². The maximum atomic E-state index is 10.0. The molecule has 0 saturated heterocycles. The van der Waals surface area contributed by atoms with E-state index < -0.39 is 0 Å². The Balaban J connectivity index is 3.14. The lowest BCUT2D eigenvalue weighted by molar-refractivity contribution is -0.115. The minimum absolute atomic E-state index is 0.0294. The van der Waals surface area contributed by atoms with Gasteiger partial charge in [-0.2, -0.15) is 0 Å². The highest BCUT2D eigenvalue weighted by Gasteiger charge is 1.82. The van der Waals surface area contributed by atoms with Gasteiger partial charge in [-0.1, -0.05) is 0 Å². The van der Waals surface area contributed by atoms with Gasteiger partial charge in [-0.3, -0.25) is 9.79 Å². The van der Waals surface area contributed by atoms with E-state index in [4.69, 9.17) is 5.73 Å². The third-order valence-corrected chi connectivity index (χ3v) is 0.419. The normalized spacial score (nSPS) is 9.86. The molecule has 40 valence electrons. The first-order valence-corrected chi connectivity index (χ1v) is 1.97. The first-order valence-electron chi connectivity index (χ1n) is 1.97. The molecule has 0 saturated carbocycles. The maximum Gasteiger partial charge on any atom is 0.151 e. The van der Waals surface area contributed by atoms with Crippen LogP contribution in [-0.4, -0.2) is 18.7 Å². The lowest BCUT2D eigenvalue weighted by Gasteiger charge is -1.79. The second kappa shape index (κ2) is 3.33. The number of hydrogen-bond acceptors (Lipinski definition) is 2. The van der Waals surface area contributed by atoms with Crippen molar-refractivity contribution in [1.29, 1.82) is 0 Å². The van der Waals surface area contributed by atoms with Crippen LogP contribution in [0.4, 0.5) is 0 Å². The van der Waals surface area contributed by atoms with Gasteiger partial charge >= 0.3 is 0 Å². The van der Waals surface area contributed by atoms with Gasteiger partial charge in [0.15, 0.2) is 5.78 Å². The summed E-state index contributed by atoms with van der Waals surface area (Å²) < 4.78 is 0. The van der Waals surface area contributed by atoms with Gasteiger partial charge in [-0.15, -0.1) is 0 Å². The topological polar surface area (TPSA) is 55.5 Å². The van der Waals surface area contributed by atoms with Crippen LogP contribution >= 0.6 is 0 Å². The first-order chi connectivity index (χ1) is 3.27. The molecule has 3 nitrogen and oxygen atoms in total. The molecule has 7 heavy (non-hydrogen) atoms. The zero-order valence-corrected chi connectivity index (χ0v) is 4.22. The SMILES string of the molecule is CC(=O)CN=CN. The molecule has 0 aliphatic rings. The van der Waals surface area contributed by atoms with E-state index in [9.17, 15) is 4.79 Å². The minimum atomic E-state index is 0.0294. The Morgan fingerprint density at radius 1 is 2.00 bits per heavy atom. The van der Waals surface area contributed by atoms with Crippen molar-refractivity contribution in [3.63, 3.8) is 0 Å². The minimum Gasteiger partial charge on any atom is -0.390 e. The zero-order valence-electron chi connectivity index (χ0n) is 4.22. The third kappa shape index (κ3) is 5.14. The van der Waals surface area contributed by atoms with Crippen molar-refractivity contribution in [2.24, 2.45) is 10.7 Å². The molecule has 0 fully saturated rings. The first kappa shape index (κ1) is 6.14. The summed E-state index contributed by atoms with van der Waals surface area (Å²) in [6.45, 7) is 1.67. The molecule has 0 bridgehead atoms. The zero-order chi connectivity index (χ0) is 5.70. The monoisotopic (exact) mass is 100 g/mol. The van der Waals surface area contributed by atoms with Crippen LogP contribution in [0.15, 0.2) is 4.99 Å². The van der Waals surface area contributed by atoms with Crippen molar-refractivity contribution in [2.75, 3.05) is 6.54 Å². The summed E-state index contributed by atoms with van der Waals surface area (Å²) in [5.74, 6) is 0.0294. The fourth-order valence-electron chi connectivity index (χ4n) is 0.181. The molecule has 0 aromatic heterocycles. The Morgan fingerprint density at radius 3 is 2.71 bits per heavy atom. The Hall–Kier alpha value is -0.860. The summed E-state index contributed by atoms with van der Waals surface area (Å²) in [5, 5.41) is 0. The van der Waals surface area contributed by atoms with Crippen LogP contribution in [0.2, 0.25) is 0 Å². The van der Waals surface area contributed by atoms with Crippen LogP contribution in [0, 0.1) is 0 Å². The fraction of sp³-hybridized carbons (Fsp3) is 0.500. The van der Waals surface area contributed by atoms with Crippen LogP contribution in [0.1, 0.15) is 6.92 Å². The second-order valence-electron chi connectivity index (χ2n) is 1.19. The number of nitrogens with two attached hydrogens (primary N) is 1. The molecule has 0 aromatic rings. The molecule has 0 aliphatic heterocycles. The van der Waals surface area contributed by atoms with Gasteiger partial charge in [0.25, 0.3) is 0 Å². The number of nitrogens with zero attached hydrogens (tertiary/aromatic N) is 1. The van der Waals surface area contributed by atoms with Crippen LogP contribution in [0.25, 0.3) is 0 Å².